The van der Waals surface area contributed by atoms with Crippen LogP contribution in [0.2, 0.25) is 5.02 Å². The molecule has 0 bridgehead atoms. The van der Waals surface area contributed by atoms with Gasteiger partial charge in [0.25, 0.3) is 10.0 Å². The SMILES string of the molecule is CNCc1c(Cl)c(-c2ccccc2)n(S(=O)(=O)c2ccccc2)c1C.Cl. The van der Waals surface area contributed by atoms with E-state index in [1.165, 1.54) is 3.97 Å². The lowest BCUT2D eigenvalue weighted by molar-refractivity contribution is 0.586. The molecule has 4 nitrogen and oxygen atoms in total. The van der Waals surface area contributed by atoms with Crippen LogP contribution in [0.4, 0.5) is 0 Å². The minimum atomic E-state index is -3.76. The summed E-state index contributed by atoms with van der Waals surface area (Å²) >= 11 is 6.62. The molecule has 1 N–H and O–H groups in total. The second-order valence-electron chi connectivity index (χ2n) is 5.71. The molecule has 0 unspecified atom stereocenters. The first kappa shape index (κ1) is 20.5. The minimum Gasteiger partial charge on any atom is -0.316 e. The average Bonchev–Trinajstić information content (AvgIpc) is 2.89. The standard InChI is InChI=1S/C19H19ClN2O2S.ClH/c1-14-17(13-21-2)18(20)19(15-9-5-3-6-10-15)22(14)25(23,24)16-11-7-4-8-12-16;/h3-12,21H,13H2,1-2H3;1H. The van der Waals surface area contributed by atoms with Crippen LogP contribution in [0.3, 0.4) is 0 Å². The second kappa shape index (κ2) is 8.27. The predicted molar refractivity (Wildman–Crippen MR) is 109 cm³/mol. The third-order valence-electron chi connectivity index (χ3n) is 4.10. The molecule has 7 heteroatoms. The van der Waals surface area contributed by atoms with Gasteiger partial charge in [0.05, 0.1) is 15.6 Å². The fraction of sp³-hybridized carbons (Fsp3) is 0.158. The second-order valence-corrected chi connectivity index (χ2v) is 7.87. The van der Waals surface area contributed by atoms with Crippen LogP contribution in [0.1, 0.15) is 11.3 Å². The minimum absolute atomic E-state index is 0. The van der Waals surface area contributed by atoms with Gasteiger partial charge in [-0.1, -0.05) is 60.1 Å². The van der Waals surface area contributed by atoms with Crippen molar-refractivity contribution in [2.75, 3.05) is 7.05 Å². The van der Waals surface area contributed by atoms with Crippen LogP contribution in [0, 0.1) is 6.92 Å². The number of rotatable bonds is 5. The van der Waals surface area contributed by atoms with Crippen LogP contribution in [0.5, 0.6) is 0 Å². The maximum atomic E-state index is 13.3. The number of nitrogens with zero attached hydrogens (tertiary/aromatic N) is 1. The van der Waals surface area contributed by atoms with E-state index in [1.807, 2.05) is 30.3 Å². The Morgan fingerprint density at radius 1 is 1.00 bits per heavy atom. The Morgan fingerprint density at radius 3 is 2.08 bits per heavy atom. The third-order valence-corrected chi connectivity index (χ3v) is 6.31. The third kappa shape index (κ3) is 3.53. The molecule has 0 radical (unpaired) electrons. The monoisotopic (exact) mass is 410 g/mol. The van der Waals surface area contributed by atoms with E-state index in [-0.39, 0.29) is 17.3 Å². The number of benzene rings is 2. The number of aromatic nitrogens is 1. The molecule has 1 heterocycles. The van der Waals surface area contributed by atoms with E-state index in [0.717, 1.165) is 11.1 Å². The van der Waals surface area contributed by atoms with E-state index in [9.17, 15) is 8.42 Å². The Hall–Kier alpha value is -1.79. The molecule has 0 spiro atoms. The molecule has 3 aromatic rings. The first-order chi connectivity index (χ1) is 12.0. The quantitative estimate of drug-likeness (QED) is 0.673. The number of halogens is 2. The molecule has 26 heavy (non-hydrogen) atoms. The van der Waals surface area contributed by atoms with Crippen molar-refractivity contribution in [3.05, 3.63) is 76.9 Å². The maximum absolute atomic E-state index is 13.3. The molecule has 0 saturated carbocycles. The largest absolute Gasteiger partial charge is 0.316 e. The summed E-state index contributed by atoms with van der Waals surface area (Å²) in [6.45, 7) is 2.27. The molecular formula is C19H20Cl2N2O2S. The van der Waals surface area contributed by atoms with Gasteiger partial charge in [0.1, 0.15) is 0 Å². The molecule has 2 aromatic carbocycles. The normalized spacial score (nSPS) is 11.2. The zero-order valence-corrected chi connectivity index (χ0v) is 16.8. The van der Waals surface area contributed by atoms with Crippen molar-refractivity contribution in [1.82, 2.24) is 9.29 Å². The van der Waals surface area contributed by atoms with Gasteiger partial charge in [-0.05, 0) is 26.1 Å². The summed E-state index contributed by atoms with van der Waals surface area (Å²) < 4.78 is 28.0. The number of nitrogens with one attached hydrogen (secondary N) is 1. The summed E-state index contributed by atoms with van der Waals surface area (Å²) in [6.07, 6.45) is 0. The molecule has 3 rings (SSSR count). The lowest BCUT2D eigenvalue weighted by atomic mass is 10.1. The Kier molecular flexibility index (Phi) is 6.53. The Labute approximate surface area is 165 Å². The molecule has 0 amide bonds. The van der Waals surface area contributed by atoms with Gasteiger partial charge >= 0.3 is 0 Å². The smallest absolute Gasteiger partial charge is 0.268 e. The van der Waals surface area contributed by atoms with Gasteiger partial charge in [0.15, 0.2) is 0 Å². The fourth-order valence-electron chi connectivity index (χ4n) is 2.90. The van der Waals surface area contributed by atoms with Crippen LogP contribution < -0.4 is 5.32 Å². The van der Waals surface area contributed by atoms with E-state index in [1.54, 1.807) is 44.3 Å². The van der Waals surface area contributed by atoms with Crippen molar-refractivity contribution >= 4 is 34.0 Å². The van der Waals surface area contributed by atoms with Crippen LogP contribution in [-0.2, 0) is 16.6 Å². The van der Waals surface area contributed by atoms with Crippen molar-refractivity contribution in [1.29, 1.82) is 0 Å². The van der Waals surface area contributed by atoms with Gasteiger partial charge in [-0.3, -0.25) is 0 Å². The van der Waals surface area contributed by atoms with Gasteiger partial charge in [-0.15, -0.1) is 12.4 Å². The van der Waals surface area contributed by atoms with Crippen LogP contribution >= 0.6 is 24.0 Å². The fourth-order valence-corrected chi connectivity index (χ4v) is 4.97. The lowest BCUT2D eigenvalue weighted by Crippen LogP contribution is -2.16. The van der Waals surface area contributed by atoms with E-state index in [4.69, 9.17) is 11.6 Å². The summed E-state index contributed by atoms with van der Waals surface area (Å²) in [5.74, 6) is 0. The molecule has 0 aliphatic heterocycles. The molecular weight excluding hydrogens is 391 g/mol. The topological polar surface area (TPSA) is 51.1 Å². The average molecular weight is 411 g/mol. The molecule has 0 fully saturated rings. The Balaban J connectivity index is 0.00000243. The van der Waals surface area contributed by atoms with Gasteiger partial charge in [0, 0.05) is 23.4 Å². The van der Waals surface area contributed by atoms with E-state index >= 15 is 0 Å². The maximum Gasteiger partial charge on any atom is 0.268 e. The summed E-state index contributed by atoms with van der Waals surface area (Å²) in [7, 11) is -1.96. The van der Waals surface area contributed by atoms with Crippen LogP contribution in [0.25, 0.3) is 11.3 Å². The zero-order valence-electron chi connectivity index (χ0n) is 14.4. The molecule has 1 aromatic heterocycles. The molecule has 0 saturated heterocycles. The molecule has 138 valence electrons. The van der Waals surface area contributed by atoms with Crippen molar-refractivity contribution in [2.24, 2.45) is 0 Å². The van der Waals surface area contributed by atoms with Crippen LogP contribution in [0.15, 0.2) is 65.6 Å². The zero-order chi connectivity index (χ0) is 18.0. The highest BCUT2D eigenvalue weighted by molar-refractivity contribution is 7.90. The lowest BCUT2D eigenvalue weighted by Gasteiger charge is -2.13. The van der Waals surface area contributed by atoms with Gasteiger partial charge in [-0.2, -0.15) is 0 Å². The van der Waals surface area contributed by atoms with Gasteiger partial charge in [-0.25, -0.2) is 12.4 Å². The van der Waals surface area contributed by atoms with E-state index < -0.39 is 10.0 Å². The van der Waals surface area contributed by atoms with E-state index in [2.05, 4.69) is 5.32 Å². The number of hydrogen-bond acceptors (Lipinski definition) is 3. The van der Waals surface area contributed by atoms with Crippen LogP contribution in [-0.4, -0.2) is 19.4 Å². The molecule has 0 aliphatic carbocycles. The Bertz CT molecular complexity index is 985. The summed E-state index contributed by atoms with van der Waals surface area (Å²) in [4.78, 5) is 0.234. The highest BCUT2D eigenvalue weighted by Gasteiger charge is 2.28. The molecule has 0 atom stereocenters. The molecule has 0 aliphatic rings. The Morgan fingerprint density at radius 2 is 1.54 bits per heavy atom. The highest BCUT2D eigenvalue weighted by Crippen LogP contribution is 2.38. The van der Waals surface area contributed by atoms with E-state index in [0.29, 0.717) is 23.0 Å². The summed E-state index contributed by atoms with van der Waals surface area (Å²) in [5.41, 5.74) is 2.65. The van der Waals surface area contributed by atoms with Crippen molar-refractivity contribution in [2.45, 2.75) is 18.4 Å². The first-order valence-corrected chi connectivity index (χ1v) is 9.70. The summed E-state index contributed by atoms with van der Waals surface area (Å²) in [5, 5.41) is 3.51. The predicted octanol–water partition coefficient (Wildman–Crippen LogP) is 4.50. The number of hydrogen-bond donors (Lipinski definition) is 1. The van der Waals surface area contributed by atoms with Crippen molar-refractivity contribution in [3.63, 3.8) is 0 Å². The van der Waals surface area contributed by atoms with Gasteiger partial charge in [0.2, 0.25) is 0 Å². The van der Waals surface area contributed by atoms with Crippen molar-refractivity contribution in [3.8, 4) is 11.3 Å². The first-order valence-electron chi connectivity index (χ1n) is 7.88. The summed E-state index contributed by atoms with van der Waals surface area (Å²) in [6, 6.07) is 17.7. The van der Waals surface area contributed by atoms with Crippen molar-refractivity contribution < 1.29 is 8.42 Å². The van der Waals surface area contributed by atoms with Gasteiger partial charge < -0.3 is 5.32 Å². The highest BCUT2D eigenvalue weighted by atomic mass is 35.5.